The van der Waals surface area contributed by atoms with Crippen molar-refractivity contribution in [2.45, 2.75) is 6.04 Å². The highest BCUT2D eigenvalue weighted by Crippen LogP contribution is 2.32. The Morgan fingerprint density at radius 3 is 2.70 bits per heavy atom. The van der Waals surface area contributed by atoms with Crippen LogP contribution >= 0.6 is 27.5 Å². The second-order valence-corrected chi connectivity index (χ2v) is 5.69. The van der Waals surface area contributed by atoms with E-state index in [-0.39, 0.29) is 5.82 Å². The summed E-state index contributed by atoms with van der Waals surface area (Å²) in [5.41, 5.74) is 7.04. The van der Waals surface area contributed by atoms with E-state index in [1.54, 1.807) is 30.3 Å². The average molecular weight is 355 g/mol. The zero-order valence-corrected chi connectivity index (χ0v) is 12.6. The quantitative estimate of drug-likeness (QED) is 0.700. The van der Waals surface area contributed by atoms with E-state index < -0.39 is 6.04 Å². The first-order valence-corrected chi connectivity index (χ1v) is 7.12. The third kappa shape index (κ3) is 2.24. The van der Waals surface area contributed by atoms with E-state index in [2.05, 4.69) is 15.9 Å². The molecule has 102 valence electrons. The minimum Gasteiger partial charge on any atom is -0.457 e. The summed E-state index contributed by atoms with van der Waals surface area (Å²) < 4.78 is 20.1. The van der Waals surface area contributed by atoms with Crippen LogP contribution in [0, 0.1) is 5.82 Å². The van der Waals surface area contributed by atoms with Crippen molar-refractivity contribution in [2.75, 3.05) is 0 Å². The number of furan rings is 1. The van der Waals surface area contributed by atoms with Gasteiger partial charge < -0.3 is 10.2 Å². The lowest BCUT2D eigenvalue weighted by molar-refractivity contribution is 0.509. The first-order chi connectivity index (χ1) is 9.58. The number of halogens is 3. The van der Waals surface area contributed by atoms with Crippen molar-refractivity contribution in [3.63, 3.8) is 0 Å². The van der Waals surface area contributed by atoms with Gasteiger partial charge in [0.05, 0.1) is 15.5 Å². The summed E-state index contributed by atoms with van der Waals surface area (Å²) in [6.45, 7) is 0. The molecule has 5 heteroatoms. The van der Waals surface area contributed by atoms with Crippen LogP contribution in [-0.4, -0.2) is 0 Å². The van der Waals surface area contributed by atoms with E-state index in [1.165, 1.54) is 0 Å². The molecule has 0 aliphatic heterocycles. The van der Waals surface area contributed by atoms with Gasteiger partial charge in [0.1, 0.15) is 11.6 Å². The van der Waals surface area contributed by atoms with Crippen molar-refractivity contribution in [2.24, 2.45) is 5.73 Å². The van der Waals surface area contributed by atoms with Crippen molar-refractivity contribution in [1.82, 2.24) is 0 Å². The molecule has 2 nitrogen and oxygen atoms in total. The van der Waals surface area contributed by atoms with Crippen LogP contribution in [-0.2, 0) is 0 Å². The third-order valence-corrected chi connectivity index (χ3v) is 4.05. The largest absolute Gasteiger partial charge is 0.457 e. The number of fused-ring (bicyclic) bond motifs is 1. The van der Waals surface area contributed by atoms with Gasteiger partial charge in [-0.3, -0.25) is 0 Å². The summed E-state index contributed by atoms with van der Waals surface area (Å²) in [7, 11) is 0. The van der Waals surface area contributed by atoms with Gasteiger partial charge in [-0.15, -0.1) is 0 Å². The highest BCUT2D eigenvalue weighted by atomic mass is 79.9. The van der Waals surface area contributed by atoms with Gasteiger partial charge >= 0.3 is 0 Å². The second-order valence-electron chi connectivity index (χ2n) is 4.43. The predicted octanol–water partition coefficient (Wildman–Crippen LogP) is 5.04. The Balaban J connectivity index is 2.10. The molecule has 2 aromatic carbocycles. The maximum absolute atomic E-state index is 14.1. The molecule has 20 heavy (non-hydrogen) atoms. The summed E-state index contributed by atoms with van der Waals surface area (Å²) in [6, 6.07) is 11.5. The van der Waals surface area contributed by atoms with Crippen LogP contribution in [0.5, 0.6) is 0 Å². The fourth-order valence-electron chi connectivity index (χ4n) is 2.11. The average Bonchev–Trinajstić information content (AvgIpc) is 2.87. The Labute approximate surface area is 128 Å². The van der Waals surface area contributed by atoms with E-state index >= 15 is 0 Å². The predicted molar refractivity (Wildman–Crippen MR) is 81.4 cm³/mol. The van der Waals surface area contributed by atoms with Crippen molar-refractivity contribution < 1.29 is 8.81 Å². The minimum absolute atomic E-state index is 0.370. The van der Waals surface area contributed by atoms with Crippen LogP contribution in [0.15, 0.2) is 51.4 Å². The van der Waals surface area contributed by atoms with Crippen LogP contribution in [0.25, 0.3) is 11.0 Å². The fraction of sp³-hybridized carbons (Fsp3) is 0.0667. The highest BCUT2D eigenvalue weighted by molar-refractivity contribution is 9.10. The molecule has 2 N–H and O–H groups in total. The molecule has 0 amide bonds. The first kappa shape index (κ1) is 13.6. The number of benzene rings is 2. The maximum Gasteiger partial charge on any atom is 0.152 e. The molecular formula is C15H10BrClFNO. The molecule has 0 aliphatic rings. The van der Waals surface area contributed by atoms with Gasteiger partial charge in [0.15, 0.2) is 5.58 Å². The Hall–Kier alpha value is -1.36. The molecular weight excluding hydrogens is 345 g/mol. The molecule has 0 aliphatic carbocycles. The Morgan fingerprint density at radius 2 is 1.95 bits per heavy atom. The maximum atomic E-state index is 14.1. The molecule has 1 aromatic heterocycles. The van der Waals surface area contributed by atoms with Gasteiger partial charge in [-0.25, -0.2) is 4.39 Å². The van der Waals surface area contributed by atoms with Gasteiger partial charge in [-0.2, -0.15) is 0 Å². The number of para-hydroxylation sites is 1. The number of rotatable bonds is 2. The zero-order chi connectivity index (χ0) is 14.3. The fourth-order valence-corrected chi connectivity index (χ4v) is 2.72. The molecule has 0 radical (unpaired) electrons. The molecule has 1 heterocycles. The van der Waals surface area contributed by atoms with Crippen LogP contribution in [0.1, 0.15) is 17.4 Å². The summed E-state index contributed by atoms with van der Waals surface area (Å²) in [5.74, 6) is 0.0941. The molecule has 0 saturated carbocycles. The smallest absolute Gasteiger partial charge is 0.152 e. The number of hydrogen-bond acceptors (Lipinski definition) is 2. The summed E-state index contributed by atoms with van der Waals surface area (Å²) in [4.78, 5) is 0. The first-order valence-electron chi connectivity index (χ1n) is 5.95. The number of hydrogen-bond donors (Lipinski definition) is 1. The normalized spacial score (nSPS) is 12.8. The standard InChI is InChI=1S/C15H10BrClFNO/c16-10-5-2-4-9(13(10)18)14(19)12-7-8-3-1-6-11(17)15(8)20-12/h1-7,14H,19H2. The lowest BCUT2D eigenvalue weighted by atomic mass is 10.0. The topological polar surface area (TPSA) is 39.2 Å². The van der Waals surface area contributed by atoms with Gasteiger partial charge in [-0.05, 0) is 34.1 Å². The molecule has 0 bridgehead atoms. The van der Waals surface area contributed by atoms with E-state index in [0.717, 1.165) is 5.39 Å². The van der Waals surface area contributed by atoms with Crippen LogP contribution in [0.4, 0.5) is 4.39 Å². The van der Waals surface area contributed by atoms with Crippen molar-refractivity contribution in [3.8, 4) is 0 Å². The van der Waals surface area contributed by atoms with Crippen molar-refractivity contribution in [3.05, 3.63) is 69.1 Å². The van der Waals surface area contributed by atoms with E-state index in [1.807, 2.05) is 12.1 Å². The van der Waals surface area contributed by atoms with Crippen molar-refractivity contribution >= 4 is 38.5 Å². The van der Waals surface area contributed by atoms with E-state index in [0.29, 0.717) is 26.4 Å². The molecule has 1 unspecified atom stereocenters. The molecule has 0 saturated heterocycles. The van der Waals surface area contributed by atoms with Crippen LogP contribution in [0.2, 0.25) is 5.02 Å². The lowest BCUT2D eigenvalue weighted by Gasteiger charge is -2.10. The van der Waals surface area contributed by atoms with Gasteiger partial charge in [0.2, 0.25) is 0 Å². The summed E-state index contributed by atoms with van der Waals surface area (Å²) in [6.07, 6.45) is 0. The Kier molecular flexibility index (Phi) is 3.54. The number of nitrogens with two attached hydrogens (primary N) is 1. The highest BCUT2D eigenvalue weighted by Gasteiger charge is 2.19. The lowest BCUT2D eigenvalue weighted by Crippen LogP contribution is -2.12. The van der Waals surface area contributed by atoms with Crippen LogP contribution < -0.4 is 5.73 Å². The monoisotopic (exact) mass is 353 g/mol. The van der Waals surface area contributed by atoms with E-state index in [4.69, 9.17) is 21.8 Å². The summed E-state index contributed by atoms with van der Waals surface area (Å²) in [5, 5.41) is 1.36. The second kappa shape index (κ2) is 5.20. The van der Waals surface area contributed by atoms with Gasteiger partial charge in [0.25, 0.3) is 0 Å². The minimum atomic E-state index is -0.684. The van der Waals surface area contributed by atoms with Gasteiger partial charge in [0, 0.05) is 10.9 Å². The summed E-state index contributed by atoms with van der Waals surface area (Å²) >= 11 is 9.21. The van der Waals surface area contributed by atoms with Crippen molar-refractivity contribution in [1.29, 1.82) is 0 Å². The molecule has 0 spiro atoms. The Bertz CT molecular complexity index is 787. The zero-order valence-electron chi connectivity index (χ0n) is 10.2. The molecule has 3 rings (SSSR count). The third-order valence-electron chi connectivity index (χ3n) is 3.14. The van der Waals surface area contributed by atoms with E-state index in [9.17, 15) is 4.39 Å². The SMILES string of the molecule is NC(c1cc2cccc(Cl)c2o1)c1cccc(Br)c1F. The Morgan fingerprint density at radius 1 is 1.20 bits per heavy atom. The molecule has 1 atom stereocenters. The molecule has 0 fully saturated rings. The van der Waals surface area contributed by atoms with Crippen LogP contribution in [0.3, 0.4) is 0 Å². The molecule has 3 aromatic rings. The van der Waals surface area contributed by atoms with Gasteiger partial charge in [-0.1, -0.05) is 35.9 Å².